The number of hydrogen-bond donors (Lipinski definition) is 2. The molecule has 0 bridgehead atoms. The highest BCUT2D eigenvalue weighted by Gasteiger charge is 2.33. The van der Waals surface area contributed by atoms with Crippen LogP contribution in [0.2, 0.25) is 0 Å². The first-order valence-electron chi connectivity index (χ1n) is 9.44. The number of aliphatic carboxylic acids is 1. The van der Waals surface area contributed by atoms with E-state index in [1.165, 1.54) is 0 Å². The van der Waals surface area contributed by atoms with Gasteiger partial charge in [0.05, 0.1) is 5.41 Å². The summed E-state index contributed by atoms with van der Waals surface area (Å²) < 4.78 is 5.19. The number of ether oxygens (including phenoxy) is 1. The number of hydrogen-bond acceptors (Lipinski definition) is 3. The number of alkyl carbamates (subject to hydrolysis) is 1. The van der Waals surface area contributed by atoms with Gasteiger partial charge >= 0.3 is 12.1 Å². The number of carbonyl (C=O) groups is 2. The molecule has 2 aromatic rings. The molecule has 0 saturated heterocycles. The number of carbonyl (C=O) groups excluding carboxylic acids is 1. The molecule has 150 valence electrons. The maximum atomic E-state index is 11.9. The summed E-state index contributed by atoms with van der Waals surface area (Å²) in [7, 11) is 0. The molecule has 1 amide bonds. The number of benzene rings is 2. The normalized spacial score (nSPS) is 13.4. The highest BCUT2D eigenvalue weighted by Crippen LogP contribution is 2.28. The Hall–Kier alpha value is -2.82. The predicted octanol–water partition coefficient (Wildman–Crippen LogP) is 4.90. The van der Waals surface area contributed by atoms with Gasteiger partial charge in [-0.1, -0.05) is 54.6 Å². The highest BCUT2D eigenvalue weighted by atomic mass is 16.6. The van der Waals surface area contributed by atoms with Gasteiger partial charge in [-0.15, -0.1) is 0 Å². The first kappa shape index (κ1) is 21.5. The van der Waals surface area contributed by atoms with Crippen molar-refractivity contribution in [2.24, 2.45) is 5.41 Å². The number of rotatable bonds is 7. The van der Waals surface area contributed by atoms with E-state index in [-0.39, 0.29) is 6.54 Å². The van der Waals surface area contributed by atoms with E-state index in [0.29, 0.717) is 12.8 Å². The SMILES string of the molecule is CC(C)(C)OC(=O)NCCC(C)(Cc1ccc(-c2ccccc2)cc1)C(=O)O. The van der Waals surface area contributed by atoms with Crippen LogP contribution in [0.15, 0.2) is 54.6 Å². The van der Waals surface area contributed by atoms with Gasteiger partial charge in [-0.05, 0) is 57.2 Å². The second kappa shape index (κ2) is 8.91. The summed E-state index contributed by atoms with van der Waals surface area (Å²) in [5, 5.41) is 12.4. The van der Waals surface area contributed by atoms with Crippen molar-refractivity contribution in [2.45, 2.75) is 46.1 Å². The zero-order valence-corrected chi connectivity index (χ0v) is 17.0. The van der Waals surface area contributed by atoms with Gasteiger partial charge in [-0.2, -0.15) is 0 Å². The van der Waals surface area contributed by atoms with Crippen molar-refractivity contribution in [1.82, 2.24) is 5.32 Å². The van der Waals surface area contributed by atoms with Gasteiger partial charge in [-0.25, -0.2) is 4.79 Å². The van der Waals surface area contributed by atoms with Crippen molar-refractivity contribution in [1.29, 1.82) is 0 Å². The maximum absolute atomic E-state index is 11.9. The molecule has 5 heteroatoms. The third kappa shape index (κ3) is 6.41. The summed E-state index contributed by atoms with van der Waals surface area (Å²) in [6, 6.07) is 18.0. The van der Waals surface area contributed by atoms with Crippen molar-refractivity contribution in [3.05, 3.63) is 60.2 Å². The van der Waals surface area contributed by atoms with E-state index >= 15 is 0 Å². The Morgan fingerprint density at radius 3 is 2.04 bits per heavy atom. The predicted molar refractivity (Wildman–Crippen MR) is 110 cm³/mol. The Labute approximate surface area is 166 Å². The molecule has 28 heavy (non-hydrogen) atoms. The zero-order valence-electron chi connectivity index (χ0n) is 17.0. The van der Waals surface area contributed by atoms with Crippen molar-refractivity contribution in [2.75, 3.05) is 6.54 Å². The van der Waals surface area contributed by atoms with Gasteiger partial charge in [-0.3, -0.25) is 4.79 Å². The van der Waals surface area contributed by atoms with Gasteiger partial charge in [0.2, 0.25) is 0 Å². The summed E-state index contributed by atoms with van der Waals surface area (Å²) in [4.78, 5) is 23.6. The van der Waals surface area contributed by atoms with Crippen LogP contribution in [0.25, 0.3) is 11.1 Å². The smallest absolute Gasteiger partial charge is 0.407 e. The van der Waals surface area contributed by atoms with E-state index in [9.17, 15) is 14.7 Å². The second-order valence-electron chi connectivity index (χ2n) is 8.28. The Kier molecular flexibility index (Phi) is 6.84. The lowest BCUT2D eigenvalue weighted by Gasteiger charge is -2.26. The van der Waals surface area contributed by atoms with E-state index < -0.39 is 23.1 Å². The third-order valence-corrected chi connectivity index (χ3v) is 4.52. The lowest BCUT2D eigenvalue weighted by atomic mass is 9.80. The topological polar surface area (TPSA) is 75.6 Å². The number of carboxylic acid groups (broad SMARTS) is 1. The van der Waals surface area contributed by atoms with Crippen molar-refractivity contribution >= 4 is 12.1 Å². The van der Waals surface area contributed by atoms with Crippen LogP contribution in [0.3, 0.4) is 0 Å². The van der Waals surface area contributed by atoms with Crippen LogP contribution in [-0.4, -0.2) is 29.3 Å². The van der Waals surface area contributed by atoms with E-state index in [4.69, 9.17) is 4.74 Å². The lowest BCUT2D eigenvalue weighted by molar-refractivity contribution is -0.148. The lowest BCUT2D eigenvalue weighted by Crippen LogP contribution is -2.37. The van der Waals surface area contributed by atoms with Gasteiger partial charge in [0.1, 0.15) is 5.60 Å². The maximum Gasteiger partial charge on any atom is 0.407 e. The van der Waals surface area contributed by atoms with Gasteiger partial charge in [0.15, 0.2) is 0 Å². The minimum atomic E-state index is -0.983. The van der Waals surface area contributed by atoms with Crippen LogP contribution in [0.5, 0.6) is 0 Å². The second-order valence-corrected chi connectivity index (χ2v) is 8.28. The van der Waals surface area contributed by atoms with Crippen LogP contribution in [0.1, 0.15) is 39.7 Å². The average Bonchev–Trinajstić information content (AvgIpc) is 2.61. The molecule has 1 unspecified atom stereocenters. The molecule has 2 N–H and O–H groups in total. The van der Waals surface area contributed by atoms with Crippen molar-refractivity contribution in [3.63, 3.8) is 0 Å². The summed E-state index contributed by atoms with van der Waals surface area (Å²) in [5.41, 5.74) is 1.59. The van der Waals surface area contributed by atoms with Crippen LogP contribution in [0, 0.1) is 5.41 Å². The summed E-state index contributed by atoms with van der Waals surface area (Å²) in [6.45, 7) is 7.30. The average molecular weight is 383 g/mol. The standard InChI is InChI=1S/C23H29NO4/c1-22(2,3)28-21(27)24-15-14-23(4,20(25)26)16-17-10-12-19(13-11-17)18-8-6-5-7-9-18/h5-13H,14-16H2,1-4H3,(H,24,27)(H,25,26). The zero-order chi connectivity index (χ0) is 20.8. The Morgan fingerprint density at radius 1 is 0.929 bits per heavy atom. The summed E-state index contributed by atoms with van der Waals surface area (Å²) in [5.74, 6) is -0.884. The Bertz CT molecular complexity index is 794. The highest BCUT2D eigenvalue weighted by molar-refractivity contribution is 5.75. The van der Waals surface area contributed by atoms with E-state index in [2.05, 4.69) is 5.32 Å². The van der Waals surface area contributed by atoms with E-state index in [1.54, 1.807) is 27.7 Å². The van der Waals surface area contributed by atoms with Crippen LogP contribution >= 0.6 is 0 Å². The third-order valence-electron chi connectivity index (χ3n) is 4.52. The van der Waals surface area contributed by atoms with Gasteiger partial charge in [0.25, 0.3) is 0 Å². The summed E-state index contributed by atoms with van der Waals surface area (Å²) in [6.07, 6.45) is 0.155. The molecular formula is C23H29NO4. The van der Waals surface area contributed by atoms with Crippen molar-refractivity contribution in [3.8, 4) is 11.1 Å². The minimum absolute atomic E-state index is 0.236. The molecule has 0 aliphatic carbocycles. The molecule has 0 aliphatic heterocycles. The number of carboxylic acids is 1. The van der Waals surface area contributed by atoms with Crippen molar-refractivity contribution < 1.29 is 19.4 Å². The largest absolute Gasteiger partial charge is 0.481 e. The molecule has 0 aromatic heterocycles. The first-order valence-corrected chi connectivity index (χ1v) is 9.44. The quantitative estimate of drug-likeness (QED) is 0.713. The minimum Gasteiger partial charge on any atom is -0.481 e. The summed E-state index contributed by atoms with van der Waals surface area (Å²) >= 11 is 0. The van der Waals surface area contributed by atoms with Gasteiger partial charge in [0, 0.05) is 6.54 Å². The molecular weight excluding hydrogens is 354 g/mol. The molecule has 0 radical (unpaired) electrons. The van der Waals surface area contributed by atoms with E-state index in [1.807, 2.05) is 54.6 Å². The Morgan fingerprint density at radius 2 is 1.50 bits per heavy atom. The van der Waals surface area contributed by atoms with Crippen LogP contribution < -0.4 is 5.32 Å². The molecule has 5 nitrogen and oxygen atoms in total. The van der Waals surface area contributed by atoms with Crippen LogP contribution in [-0.2, 0) is 16.0 Å². The molecule has 2 rings (SSSR count). The monoisotopic (exact) mass is 383 g/mol. The molecule has 0 heterocycles. The molecule has 0 spiro atoms. The fourth-order valence-electron chi connectivity index (χ4n) is 2.92. The molecule has 0 saturated carbocycles. The number of nitrogens with one attached hydrogen (secondary N) is 1. The molecule has 0 fully saturated rings. The molecule has 1 atom stereocenters. The first-order chi connectivity index (χ1) is 13.1. The fourth-order valence-corrected chi connectivity index (χ4v) is 2.92. The van der Waals surface area contributed by atoms with Gasteiger partial charge < -0.3 is 15.2 Å². The number of amides is 1. The van der Waals surface area contributed by atoms with E-state index in [0.717, 1.165) is 16.7 Å². The Balaban J connectivity index is 1.99. The molecule has 0 aliphatic rings. The van der Waals surface area contributed by atoms with Crippen LogP contribution in [0.4, 0.5) is 4.79 Å². The fraction of sp³-hybridized carbons (Fsp3) is 0.391. The molecule has 2 aromatic carbocycles.